The van der Waals surface area contributed by atoms with Crippen molar-refractivity contribution in [2.24, 2.45) is 5.92 Å². The zero-order valence-corrected chi connectivity index (χ0v) is 14.2. The zero-order valence-electron chi connectivity index (χ0n) is 14.2. The van der Waals surface area contributed by atoms with Crippen LogP contribution in [0.15, 0.2) is 24.4 Å². The van der Waals surface area contributed by atoms with Gasteiger partial charge in [-0.1, -0.05) is 0 Å². The van der Waals surface area contributed by atoms with Gasteiger partial charge in [0, 0.05) is 49.8 Å². The Morgan fingerprint density at radius 2 is 2.16 bits per heavy atom. The Bertz CT molecular complexity index is 720. The molecule has 2 saturated heterocycles. The highest BCUT2D eigenvalue weighted by Gasteiger charge is 2.31. The molecule has 2 atom stereocenters. The van der Waals surface area contributed by atoms with Gasteiger partial charge in [-0.2, -0.15) is 0 Å². The number of H-pyrrole nitrogens is 1. The van der Waals surface area contributed by atoms with Crippen LogP contribution in [0.25, 0.3) is 11.0 Å². The number of aromatic nitrogens is 2. The standard InChI is InChI=1S/C18H24N4O3/c23-18(15-2-1-13-3-5-19-17(13)21-15)20-11-16(14-4-8-25-12-14)22-6-9-24-10-7-22/h1-3,5,14,16H,4,6-12H2,(H,19,21)(H,20,23)/t14-,16-/m0/s1. The lowest BCUT2D eigenvalue weighted by Gasteiger charge is -2.37. The van der Waals surface area contributed by atoms with E-state index in [1.807, 2.05) is 18.3 Å². The van der Waals surface area contributed by atoms with Crippen LogP contribution >= 0.6 is 0 Å². The highest BCUT2D eigenvalue weighted by Crippen LogP contribution is 2.22. The molecule has 0 aliphatic carbocycles. The molecule has 0 radical (unpaired) electrons. The number of fused-ring (bicyclic) bond motifs is 1. The first-order valence-electron chi connectivity index (χ1n) is 8.93. The van der Waals surface area contributed by atoms with E-state index in [9.17, 15) is 4.79 Å². The van der Waals surface area contributed by atoms with Crippen LogP contribution in [0.1, 0.15) is 16.9 Å². The molecule has 4 heterocycles. The van der Waals surface area contributed by atoms with E-state index in [0.29, 0.717) is 18.2 Å². The van der Waals surface area contributed by atoms with E-state index < -0.39 is 0 Å². The van der Waals surface area contributed by atoms with Crippen LogP contribution in [-0.2, 0) is 9.47 Å². The molecule has 134 valence electrons. The summed E-state index contributed by atoms with van der Waals surface area (Å²) in [7, 11) is 0. The van der Waals surface area contributed by atoms with Gasteiger partial charge >= 0.3 is 0 Å². The van der Waals surface area contributed by atoms with E-state index in [-0.39, 0.29) is 11.9 Å². The van der Waals surface area contributed by atoms with E-state index in [4.69, 9.17) is 9.47 Å². The second-order valence-corrected chi connectivity index (χ2v) is 6.66. The van der Waals surface area contributed by atoms with Crippen molar-refractivity contribution in [2.75, 3.05) is 46.1 Å². The lowest BCUT2D eigenvalue weighted by Crippen LogP contribution is -2.52. The number of hydrogen-bond donors (Lipinski definition) is 2. The third-order valence-corrected chi connectivity index (χ3v) is 5.14. The second-order valence-electron chi connectivity index (χ2n) is 6.66. The maximum absolute atomic E-state index is 12.6. The van der Waals surface area contributed by atoms with Crippen LogP contribution in [0.4, 0.5) is 0 Å². The summed E-state index contributed by atoms with van der Waals surface area (Å²) in [4.78, 5) is 22.4. The smallest absolute Gasteiger partial charge is 0.270 e. The molecule has 0 saturated carbocycles. The number of amides is 1. The summed E-state index contributed by atoms with van der Waals surface area (Å²) in [6.07, 6.45) is 2.87. The highest BCUT2D eigenvalue weighted by atomic mass is 16.5. The number of ether oxygens (including phenoxy) is 2. The molecular formula is C18H24N4O3. The van der Waals surface area contributed by atoms with Crippen LogP contribution < -0.4 is 5.32 Å². The summed E-state index contributed by atoms with van der Waals surface area (Å²) < 4.78 is 11.0. The van der Waals surface area contributed by atoms with Crippen LogP contribution in [-0.4, -0.2) is 72.9 Å². The third-order valence-electron chi connectivity index (χ3n) is 5.14. The molecule has 2 aliphatic heterocycles. The fourth-order valence-corrected chi connectivity index (χ4v) is 3.70. The molecule has 25 heavy (non-hydrogen) atoms. The Hall–Kier alpha value is -1.96. The quantitative estimate of drug-likeness (QED) is 0.847. The van der Waals surface area contributed by atoms with Crippen molar-refractivity contribution in [1.82, 2.24) is 20.2 Å². The fourth-order valence-electron chi connectivity index (χ4n) is 3.70. The minimum atomic E-state index is -0.131. The first-order valence-corrected chi connectivity index (χ1v) is 8.93. The van der Waals surface area contributed by atoms with Crippen molar-refractivity contribution in [2.45, 2.75) is 12.5 Å². The van der Waals surface area contributed by atoms with Crippen LogP contribution in [0, 0.1) is 5.92 Å². The van der Waals surface area contributed by atoms with Gasteiger partial charge in [-0.05, 0) is 24.6 Å². The maximum atomic E-state index is 12.6. The molecule has 2 aromatic rings. The minimum Gasteiger partial charge on any atom is -0.381 e. The van der Waals surface area contributed by atoms with Crippen molar-refractivity contribution < 1.29 is 14.3 Å². The van der Waals surface area contributed by atoms with Crippen molar-refractivity contribution in [3.63, 3.8) is 0 Å². The topological polar surface area (TPSA) is 79.5 Å². The van der Waals surface area contributed by atoms with Crippen molar-refractivity contribution in [3.8, 4) is 0 Å². The Kier molecular flexibility index (Phi) is 4.96. The molecular weight excluding hydrogens is 320 g/mol. The molecule has 2 aromatic heterocycles. The van der Waals surface area contributed by atoms with Gasteiger partial charge in [-0.25, -0.2) is 4.98 Å². The molecule has 0 aromatic carbocycles. The summed E-state index contributed by atoms with van der Waals surface area (Å²) in [5, 5.41) is 4.08. The number of aromatic amines is 1. The Balaban J connectivity index is 1.43. The molecule has 2 fully saturated rings. The maximum Gasteiger partial charge on any atom is 0.270 e. The fraction of sp³-hybridized carbons (Fsp3) is 0.556. The zero-order chi connectivity index (χ0) is 17.1. The largest absolute Gasteiger partial charge is 0.381 e. The summed E-state index contributed by atoms with van der Waals surface area (Å²) >= 11 is 0. The second kappa shape index (κ2) is 7.51. The van der Waals surface area contributed by atoms with Crippen LogP contribution in [0.2, 0.25) is 0 Å². The predicted molar refractivity (Wildman–Crippen MR) is 93.5 cm³/mol. The van der Waals surface area contributed by atoms with E-state index in [2.05, 4.69) is 20.2 Å². The number of pyridine rings is 1. The molecule has 0 bridgehead atoms. The lowest BCUT2D eigenvalue weighted by atomic mass is 9.97. The SMILES string of the molecule is O=C(NC[C@@H]([C@H]1CCOC1)N1CCOCC1)c1ccc2cc[nH]c2n1. The number of hydrogen-bond acceptors (Lipinski definition) is 5. The lowest BCUT2D eigenvalue weighted by molar-refractivity contribution is 0.00165. The van der Waals surface area contributed by atoms with Crippen LogP contribution in [0.3, 0.4) is 0 Å². The average Bonchev–Trinajstić information content (AvgIpc) is 3.34. The molecule has 7 heteroatoms. The van der Waals surface area contributed by atoms with Gasteiger partial charge in [0.05, 0.1) is 19.8 Å². The van der Waals surface area contributed by atoms with Gasteiger partial charge in [0.1, 0.15) is 11.3 Å². The summed E-state index contributed by atoms with van der Waals surface area (Å²) in [6.45, 7) is 5.51. The van der Waals surface area contributed by atoms with Crippen molar-refractivity contribution in [1.29, 1.82) is 0 Å². The first-order chi connectivity index (χ1) is 12.3. The number of nitrogens with one attached hydrogen (secondary N) is 2. The third kappa shape index (κ3) is 3.68. The monoisotopic (exact) mass is 344 g/mol. The molecule has 1 amide bonds. The Labute approximate surface area is 146 Å². The predicted octanol–water partition coefficient (Wildman–Crippen LogP) is 1.03. The summed E-state index contributed by atoms with van der Waals surface area (Å²) in [6, 6.07) is 5.91. The van der Waals surface area contributed by atoms with Gasteiger partial charge in [0.15, 0.2) is 0 Å². The van der Waals surface area contributed by atoms with Gasteiger partial charge < -0.3 is 19.8 Å². The number of carbonyl (C=O) groups excluding carboxylic acids is 1. The normalized spacial score (nSPS) is 23.0. The number of carbonyl (C=O) groups is 1. The van der Waals surface area contributed by atoms with E-state index >= 15 is 0 Å². The molecule has 4 rings (SSSR count). The first kappa shape index (κ1) is 16.5. The van der Waals surface area contributed by atoms with Gasteiger partial charge in [0.2, 0.25) is 0 Å². The number of rotatable bonds is 5. The summed E-state index contributed by atoms with van der Waals surface area (Å²) in [5.41, 5.74) is 1.18. The summed E-state index contributed by atoms with van der Waals surface area (Å²) in [5.74, 6) is 0.325. The minimum absolute atomic E-state index is 0.131. The van der Waals surface area contributed by atoms with E-state index in [0.717, 1.165) is 57.0 Å². The molecule has 7 nitrogen and oxygen atoms in total. The van der Waals surface area contributed by atoms with Crippen molar-refractivity contribution in [3.05, 3.63) is 30.1 Å². The molecule has 2 N–H and O–H groups in total. The van der Waals surface area contributed by atoms with E-state index in [1.54, 1.807) is 6.07 Å². The Morgan fingerprint density at radius 3 is 2.96 bits per heavy atom. The highest BCUT2D eigenvalue weighted by molar-refractivity contribution is 5.94. The van der Waals surface area contributed by atoms with Crippen molar-refractivity contribution >= 4 is 16.9 Å². The Morgan fingerprint density at radius 1 is 1.28 bits per heavy atom. The number of morpholine rings is 1. The van der Waals surface area contributed by atoms with Gasteiger partial charge in [-0.3, -0.25) is 9.69 Å². The molecule has 0 spiro atoms. The van der Waals surface area contributed by atoms with Gasteiger partial charge in [-0.15, -0.1) is 0 Å². The molecule has 0 unspecified atom stereocenters. The average molecular weight is 344 g/mol. The van der Waals surface area contributed by atoms with Crippen LogP contribution in [0.5, 0.6) is 0 Å². The number of nitrogens with zero attached hydrogens (tertiary/aromatic N) is 2. The molecule has 2 aliphatic rings. The van der Waals surface area contributed by atoms with E-state index in [1.165, 1.54) is 0 Å². The van der Waals surface area contributed by atoms with Gasteiger partial charge in [0.25, 0.3) is 5.91 Å².